The van der Waals surface area contributed by atoms with Gasteiger partial charge in [0.05, 0.1) is 0 Å². The number of aliphatic hydroxyl groups is 4. The van der Waals surface area contributed by atoms with Crippen molar-refractivity contribution in [2.24, 2.45) is 10.8 Å². The smallest absolute Gasteiger partial charge is 0.213 e. The van der Waals surface area contributed by atoms with Gasteiger partial charge in [-0.3, -0.25) is 4.79 Å². The summed E-state index contributed by atoms with van der Waals surface area (Å²) in [6, 6.07) is 0. The van der Waals surface area contributed by atoms with Gasteiger partial charge in [-0.2, -0.15) is 0 Å². The minimum Gasteiger partial charge on any atom is -0.387 e. The lowest BCUT2D eigenvalue weighted by atomic mass is 9.69. The third kappa shape index (κ3) is 10.6. The van der Waals surface area contributed by atoms with E-state index in [4.69, 9.17) is 0 Å². The molecule has 5 heteroatoms. The zero-order valence-corrected chi connectivity index (χ0v) is 28.8. The van der Waals surface area contributed by atoms with Crippen molar-refractivity contribution in [3.63, 3.8) is 0 Å². The molecule has 0 aromatic rings. The van der Waals surface area contributed by atoms with Crippen LogP contribution in [0.5, 0.6) is 0 Å². The topological polar surface area (TPSA) is 98.0 Å². The molecule has 0 saturated heterocycles. The number of Topliss-reactive ketones (excluding diaryl/α,β-unsaturated/α-hetero) is 1. The molecule has 2 aliphatic carbocycles. The molecule has 45 heavy (non-hydrogen) atoms. The van der Waals surface area contributed by atoms with Gasteiger partial charge in [-0.15, -0.1) is 0 Å². The Bertz CT molecular complexity index is 1460. The summed E-state index contributed by atoms with van der Waals surface area (Å²) >= 11 is 0. The normalized spacial score (nSPS) is 25.4. The summed E-state index contributed by atoms with van der Waals surface area (Å²) in [5.41, 5.74) is 6.49. The lowest BCUT2D eigenvalue weighted by Gasteiger charge is -2.42. The molecule has 0 amide bonds. The summed E-state index contributed by atoms with van der Waals surface area (Å²) < 4.78 is 0. The predicted octanol–water partition coefficient (Wildman–Crippen LogP) is 8.02. The van der Waals surface area contributed by atoms with E-state index in [-0.39, 0.29) is 23.0 Å². The number of hydrogen-bond donors (Lipinski definition) is 4. The van der Waals surface area contributed by atoms with E-state index in [0.717, 1.165) is 33.4 Å². The molecule has 4 N–H and O–H groups in total. The van der Waals surface area contributed by atoms with Crippen LogP contribution in [0.15, 0.2) is 130 Å². The number of allylic oxidation sites excluding steroid dienone is 20. The SMILES string of the molecule is CC1=C(/C=C/C(C)=C/C=C/C(C)=C/C=C/C=C(C)/C=C/C=C(C)/C=C/C2=C(C)C(O)(O)[C@@H](O)CC2(C)C)C(C)(C)C[C@H](O)C1=O. The van der Waals surface area contributed by atoms with Gasteiger partial charge >= 0.3 is 0 Å². The van der Waals surface area contributed by atoms with E-state index in [0.29, 0.717) is 17.6 Å². The van der Waals surface area contributed by atoms with Crippen molar-refractivity contribution in [1.82, 2.24) is 0 Å². The van der Waals surface area contributed by atoms with Crippen molar-refractivity contribution in [2.75, 3.05) is 0 Å². The van der Waals surface area contributed by atoms with Crippen LogP contribution in [0.1, 0.15) is 82.1 Å². The molecule has 0 aromatic carbocycles. The fourth-order valence-electron chi connectivity index (χ4n) is 5.74. The van der Waals surface area contributed by atoms with E-state index in [9.17, 15) is 25.2 Å². The number of carbonyl (C=O) groups is 1. The summed E-state index contributed by atoms with van der Waals surface area (Å²) in [7, 11) is 0. The van der Waals surface area contributed by atoms with Gasteiger partial charge < -0.3 is 20.4 Å². The largest absolute Gasteiger partial charge is 0.387 e. The molecule has 0 unspecified atom stereocenters. The van der Waals surface area contributed by atoms with Crippen LogP contribution in [-0.2, 0) is 4.79 Å². The Morgan fingerprint density at radius 2 is 1.04 bits per heavy atom. The van der Waals surface area contributed by atoms with E-state index >= 15 is 0 Å². The van der Waals surface area contributed by atoms with Gasteiger partial charge in [0.15, 0.2) is 5.78 Å². The molecular weight excluding hydrogens is 560 g/mol. The van der Waals surface area contributed by atoms with E-state index in [2.05, 4.69) is 13.8 Å². The average molecular weight is 615 g/mol. The van der Waals surface area contributed by atoms with E-state index in [1.807, 2.05) is 127 Å². The summed E-state index contributed by atoms with van der Waals surface area (Å²) in [6.45, 7) is 19.7. The highest BCUT2D eigenvalue weighted by Gasteiger charge is 2.46. The van der Waals surface area contributed by atoms with Crippen LogP contribution in [0.4, 0.5) is 0 Å². The Hall–Kier alpha value is -3.35. The quantitative estimate of drug-likeness (QED) is 0.148. The highest BCUT2D eigenvalue weighted by atomic mass is 16.5. The number of ketones is 1. The summed E-state index contributed by atoms with van der Waals surface area (Å²) in [6.07, 6.45) is 26.7. The molecule has 5 nitrogen and oxygen atoms in total. The minimum absolute atomic E-state index is 0.179. The third-order valence-corrected chi connectivity index (χ3v) is 8.65. The van der Waals surface area contributed by atoms with Crippen LogP contribution in [0.2, 0.25) is 0 Å². The van der Waals surface area contributed by atoms with Crippen LogP contribution in [-0.4, -0.2) is 44.2 Å². The van der Waals surface area contributed by atoms with Crippen molar-refractivity contribution < 1.29 is 25.2 Å². The second-order valence-corrected chi connectivity index (χ2v) is 13.8. The molecule has 0 saturated carbocycles. The van der Waals surface area contributed by atoms with Crippen LogP contribution >= 0.6 is 0 Å². The Morgan fingerprint density at radius 1 is 0.644 bits per heavy atom. The Kier molecular flexibility index (Phi) is 13.3. The molecule has 2 aliphatic rings. The molecule has 0 aliphatic heterocycles. The highest BCUT2D eigenvalue weighted by molar-refractivity contribution is 6.00. The predicted molar refractivity (Wildman–Crippen MR) is 187 cm³/mol. The van der Waals surface area contributed by atoms with Crippen molar-refractivity contribution in [3.05, 3.63) is 130 Å². The maximum atomic E-state index is 12.2. The van der Waals surface area contributed by atoms with Gasteiger partial charge in [0.1, 0.15) is 12.2 Å². The van der Waals surface area contributed by atoms with Crippen LogP contribution in [0.25, 0.3) is 0 Å². The highest BCUT2D eigenvalue weighted by Crippen LogP contribution is 2.44. The Morgan fingerprint density at radius 3 is 1.53 bits per heavy atom. The molecular formula is C40H54O5. The first-order valence-electron chi connectivity index (χ1n) is 15.7. The van der Waals surface area contributed by atoms with Gasteiger partial charge in [-0.25, -0.2) is 0 Å². The molecule has 2 atom stereocenters. The molecule has 0 aromatic heterocycles. The second kappa shape index (κ2) is 15.8. The van der Waals surface area contributed by atoms with E-state index in [1.54, 1.807) is 13.8 Å². The average Bonchev–Trinajstić information content (AvgIpc) is 2.92. The molecule has 244 valence electrons. The Labute approximate surface area is 271 Å². The molecule has 0 heterocycles. The molecule has 0 radical (unpaired) electrons. The van der Waals surface area contributed by atoms with Crippen molar-refractivity contribution in [3.8, 4) is 0 Å². The van der Waals surface area contributed by atoms with Gasteiger partial charge in [0.2, 0.25) is 5.79 Å². The first-order chi connectivity index (χ1) is 20.8. The van der Waals surface area contributed by atoms with Crippen LogP contribution in [0.3, 0.4) is 0 Å². The van der Waals surface area contributed by atoms with Crippen LogP contribution in [0, 0.1) is 10.8 Å². The fraction of sp³-hybridized carbons (Fsp3) is 0.425. The van der Waals surface area contributed by atoms with Gasteiger partial charge in [-0.1, -0.05) is 135 Å². The van der Waals surface area contributed by atoms with E-state index in [1.165, 1.54) is 0 Å². The number of carbonyl (C=O) groups excluding carboxylic acids is 1. The zero-order chi connectivity index (χ0) is 34.2. The Balaban J connectivity index is 1.97. The first-order valence-corrected chi connectivity index (χ1v) is 15.7. The van der Waals surface area contributed by atoms with Gasteiger partial charge in [0, 0.05) is 0 Å². The van der Waals surface area contributed by atoms with Crippen LogP contribution < -0.4 is 0 Å². The standard InChI is InChI=1S/C40H54O5/c1-27(17-13-19-29(3)21-23-33-31(5)37(43)35(41)25-38(33,7)8)15-11-12-16-28(2)18-14-20-30(4)22-24-34-32(6)40(44,45)36(42)26-39(34,9)10/h11-24,35-36,41-42,44-45H,25-26H2,1-10H3/b12-11+,17-13+,18-14+,23-21+,24-22+,27-15+,28-16+,29-19+,30-20+/t35-,36-/m0/s1. The zero-order valence-electron chi connectivity index (χ0n) is 28.8. The lowest BCUT2D eigenvalue weighted by Crippen LogP contribution is -2.50. The molecule has 0 spiro atoms. The summed E-state index contributed by atoms with van der Waals surface area (Å²) in [5.74, 6) is -2.39. The molecule has 0 fully saturated rings. The first kappa shape index (κ1) is 37.8. The van der Waals surface area contributed by atoms with Crippen molar-refractivity contribution >= 4 is 5.78 Å². The van der Waals surface area contributed by atoms with Gasteiger partial charge in [-0.05, 0) is 87.5 Å². The molecule has 2 rings (SSSR count). The fourth-order valence-corrected chi connectivity index (χ4v) is 5.74. The second-order valence-electron chi connectivity index (χ2n) is 13.8. The maximum Gasteiger partial charge on any atom is 0.213 e. The van der Waals surface area contributed by atoms with E-state index < -0.39 is 18.0 Å². The maximum absolute atomic E-state index is 12.2. The monoisotopic (exact) mass is 614 g/mol. The minimum atomic E-state index is -2.21. The number of aliphatic hydroxyl groups excluding tert-OH is 2. The van der Waals surface area contributed by atoms with Crippen molar-refractivity contribution in [1.29, 1.82) is 0 Å². The number of hydrogen-bond acceptors (Lipinski definition) is 5. The summed E-state index contributed by atoms with van der Waals surface area (Å²) in [4.78, 5) is 12.2. The molecule has 0 bridgehead atoms. The van der Waals surface area contributed by atoms with Gasteiger partial charge in [0.25, 0.3) is 0 Å². The summed E-state index contributed by atoms with van der Waals surface area (Å²) in [5, 5.41) is 40.8. The third-order valence-electron chi connectivity index (χ3n) is 8.65. The lowest BCUT2D eigenvalue weighted by molar-refractivity contribution is -0.210. The number of rotatable bonds is 10. The van der Waals surface area contributed by atoms with Crippen molar-refractivity contribution in [2.45, 2.75) is 100 Å².